The van der Waals surface area contributed by atoms with Gasteiger partial charge in [-0.15, -0.1) is 12.4 Å². The SMILES string of the molecule is Cl.F.F.F.F.F.[Sb]. The Morgan fingerprint density at radius 3 is 0.429 bits per heavy atom. The summed E-state index contributed by atoms with van der Waals surface area (Å²) in [6.07, 6.45) is 0. The van der Waals surface area contributed by atoms with Crippen molar-refractivity contribution in [3.8, 4) is 0 Å². The van der Waals surface area contributed by atoms with Gasteiger partial charge in [0.15, 0.2) is 0 Å². The Morgan fingerprint density at radius 1 is 0.429 bits per heavy atom. The van der Waals surface area contributed by atoms with Gasteiger partial charge in [0.25, 0.3) is 0 Å². The van der Waals surface area contributed by atoms with Gasteiger partial charge in [-0.25, -0.2) is 0 Å². The number of halogens is 6. The molecule has 0 unspecified atom stereocenters. The summed E-state index contributed by atoms with van der Waals surface area (Å²) in [5.41, 5.74) is 0. The first kappa shape index (κ1) is 616. The van der Waals surface area contributed by atoms with Gasteiger partial charge in [0.1, 0.15) is 0 Å². The molecule has 3 radical (unpaired) electrons. The molecule has 0 nitrogen and oxygen atoms in total. The molecule has 0 bridgehead atoms. The third-order valence-electron chi connectivity index (χ3n) is 0. The van der Waals surface area contributed by atoms with Crippen molar-refractivity contribution in [1.29, 1.82) is 0 Å². The first-order chi connectivity index (χ1) is 0. The minimum atomic E-state index is 0. The van der Waals surface area contributed by atoms with Crippen LogP contribution in [0, 0.1) is 0 Å². The smallest absolute Gasteiger partial charge is 0 e. The fourth-order valence-corrected chi connectivity index (χ4v) is 0. The Morgan fingerprint density at radius 2 is 0.429 bits per heavy atom. The van der Waals surface area contributed by atoms with Crippen LogP contribution in [-0.2, 0) is 0 Å². The van der Waals surface area contributed by atoms with E-state index < -0.39 is 0 Å². The first-order valence-corrected chi connectivity index (χ1v) is 0. The van der Waals surface area contributed by atoms with Crippen LogP contribution in [0.4, 0.5) is 23.5 Å². The minimum Gasteiger partial charge on any atom is -0.269 e. The molecule has 53 valence electrons. The average molecular weight is 258 g/mol. The molecule has 0 heterocycles. The second-order valence-electron chi connectivity index (χ2n) is 0. The van der Waals surface area contributed by atoms with Crippen molar-refractivity contribution in [2.45, 2.75) is 0 Å². The summed E-state index contributed by atoms with van der Waals surface area (Å²) < 4.78 is 0. The van der Waals surface area contributed by atoms with Crippen molar-refractivity contribution in [2.24, 2.45) is 0 Å². The maximum absolute atomic E-state index is 0. The standard InChI is InChI=1S/ClH.5FH.Sb/h6*1H;. The molecule has 0 saturated carbocycles. The molecule has 0 spiro atoms. The third-order valence-corrected chi connectivity index (χ3v) is 0. The van der Waals surface area contributed by atoms with Gasteiger partial charge in [-0.3, -0.25) is 23.5 Å². The summed E-state index contributed by atoms with van der Waals surface area (Å²) >= 11 is 0. The summed E-state index contributed by atoms with van der Waals surface area (Å²) in [7, 11) is 0. The largest absolute Gasteiger partial charge is 0.269 e. The average Bonchev–Trinajstić information content (AvgIpc) is 0. The van der Waals surface area contributed by atoms with Gasteiger partial charge in [0, 0.05) is 24.4 Å². The molecule has 0 aliphatic rings. The predicted octanol–water partition coefficient (Wildman–Crippen LogP) is 0.803. The van der Waals surface area contributed by atoms with E-state index in [9.17, 15) is 0 Å². The van der Waals surface area contributed by atoms with Crippen molar-refractivity contribution < 1.29 is 23.5 Å². The molecule has 0 aliphatic carbocycles. The Balaban J connectivity index is 0. The van der Waals surface area contributed by atoms with E-state index in [0.29, 0.717) is 0 Å². The van der Waals surface area contributed by atoms with Gasteiger partial charge in [0.2, 0.25) is 0 Å². The molecule has 0 atom stereocenters. The van der Waals surface area contributed by atoms with Crippen molar-refractivity contribution in [2.75, 3.05) is 0 Å². The van der Waals surface area contributed by atoms with E-state index in [-0.39, 0.29) is 60.4 Å². The molecule has 0 N–H and O–H groups in total. The molecule has 0 aromatic carbocycles. The topological polar surface area (TPSA) is 0 Å². The van der Waals surface area contributed by atoms with Crippen molar-refractivity contribution in [1.82, 2.24) is 0 Å². The third kappa shape index (κ3) is 266. The van der Waals surface area contributed by atoms with E-state index in [1.165, 1.54) is 0 Å². The van der Waals surface area contributed by atoms with E-state index in [1.54, 1.807) is 0 Å². The summed E-state index contributed by atoms with van der Waals surface area (Å²) in [5.74, 6) is 0. The van der Waals surface area contributed by atoms with E-state index in [2.05, 4.69) is 0 Å². The molecule has 0 aliphatic heterocycles. The summed E-state index contributed by atoms with van der Waals surface area (Å²) in [6.45, 7) is 0. The van der Waals surface area contributed by atoms with Crippen molar-refractivity contribution >= 4 is 36.8 Å². The summed E-state index contributed by atoms with van der Waals surface area (Å²) in [4.78, 5) is 0. The van der Waals surface area contributed by atoms with E-state index in [1.807, 2.05) is 0 Å². The second kappa shape index (κ2) is 390. The van der Waals surface area contributed by atoms with Gasteiger partial charge >= 0.3 is 0 Å². The summed E-state index contributed by atoms with van der Waals surface area (Å²) in [6, 6.07) is 0. The molecule has 0 aromatic heterocycles. The molecule has 0 rings (SSSR count). The zero-order valence-electron chi connectivity index (χ0n) is 2.90. The van der Waals surface area contributed by atoms with Crippen LogP contribution in [0.25, 0.3) is 0 Å². The van der Waals surface area contributed by atoms with Crippen LogP contribution in [0.5, 0.6) is 0 Å². The van der Waals surface area contributed by atoms with E-state index in [0.717, 1.165) is 0 Å². The molecular formula is H6ClF5Sb. The molecule has 0 saturated heterocycles. The van der Waals surface area contributed by atoms with E-state index >= 15 is 0 Å². The zero-order valence-corrected chi connectivity index (χ0v) is 6.27. The van der Waals surface area contributed by atoms with Gasteiger partial charge < -0.3 is 0 Å². The fraction of sp³-hybridized carbons (Fsp3) is 0. The molecule has 0 aromatic rings. The quantitative estimate of drug-likeness (QED) is 0.445. The van der Waals surface area contributed by atoms with Crippen LogP contribution in [0.1, 0.15) is 0 Å². The van der Waals surface area contributed by atoms with Crippen LogP contribution in [0.3, 0.4) is 0 Å². The molecule has 7 heteroatoms. The number of hydrogen-bond donors (Lipinski definition) is 0. The molecule has 0 fully saturated rings. The Labute approximate surface area is 60.7 Å². The number of rotatable bonds is 0. The monoisotopic (exact) mass is 257 g/mol. The van der Waals surface area contributed by atoms with E-state index in [4.69, 9.17) is 0 Å². The van der Waals surface area contributed by atoms with Crippen LogP contribution in [0.2, 0.25) is 0 Å². The zero-order chi connectivity index (χ0) is 0. The van der Waals surface area contributed by atoms with Gasteiger partial charge in [-0.05, 0) is 0 Å². The Hall–Kier alpha value is 0.758. The molecule has 0 amide bonds. The first-order valence-electron chi connectivity index (χ1n) is 0. The van der Waals surface area contributed by atoms with Gasteiger partial charge in [-0.2, -0.15) is 0 Å². The maximum atomic E-state index is 0. The van der Waals surface area contributed by atoms with Crippen LogP contribution < -0.4 is 0 Å². The van der Waals surface area contributed by atoms with Crippen LogP contribution in [-0.4, -0.2) is 24.4 Å². The Bertz CT molecular complexity index is 8.04. The van der Waals surface area contributed by atoms with Crippen LogP contribution in [0.15, 0.2) is 0 Å². The molecular weight excluding hydrogens is 252 g/mol. The second-order valence-corrected chi connectivity index (χ2v) is 0. The summed E-state index contributed by atoms with van der Waals surface area (Å²) in [5, 5.41) is 0. The normalized spacial score (nSPS) is 0. The maximum Gasteiger partial charge on any atom is 0 e. The number of hydrogen-bond acceptors (Lipinski definition) is 0. The molecule has 7 heavy (non-hydrogen) atoms. The van der Waals surface area contributed by atoms with Crippen LogP contribution >= 0.6 is 12.4 Å². The van der Waals surface area contributed by atoms with Gasteiger partial charge in [-0.1, -0.05) is 0 Å². The minimum absolute atomic E-state index is 0. The fourth-order valence-electron chi connectivity index (χ4n) is 0. The Kier molecular flexibility index (Phi) is 34300. The van der Waals surface area contributed by atoms with Crippen molar-refractivity contribution in [3.63, 3.8) is 0 Å². The van der Waals surface area contributed by atoms with Crippen molar-refractivity contribution in [3.05, 3.63) is 0 Å². The predicted molar refractivity (Wildman–Crippen MR) is 25.5 cm³/mol. The van der Waals surface area contributed by atoms with Gasteiger partial charge in [0.05, 0.1) is 0 Å².